The van der Waals surface area contributed by atoms with E-state index >= 15 is 0 Å². The normalized spacial score (nSPS) is 14.3. The SMILES string of the molecule is NCC(CCOc1cccc(F)c1)c1ccc2c(c1)OCCO2. The van der Waals surface area contributed by atoms with Crippen LogP contribution in [0.4, 0.5) is 4.39 Å². The van der Waals surface area contributed by atoms with Crippen molar-refractivity contribution in [1.82, 2.24) is 0 Å². The molecule has 23 heavy (non-hydrogen) atoms. The number of benzene rings is 2. The van der Waals surface area contributed by atoms with Gasteiger partial charge < -0.3 is 19.9 Å². The molecule has 0 saturated carbocycles. The van der Waals surface area contributed by atoms with Gasteiger partial charge in [0.05, 0.1) is 6.61 Å². The lowest BCUT2D eigenvalue weighted by Gasteiger charge is -2.21. The van der Waals surface area contributed by atoms with Gasteiger partial charge in [0.1, 0.15) is 24.8 Å². The maximum atomic E-state index is 13.1. The molecule has 1 atom stereocenters. The Balaban J connectivity index is 1.61. The van der Waals surface area contributed by atoms with Gasteiger partial charge in [-0.15, -0.1) is 0 Å². The highest BCUT2D eigenvalue weighted by atomic mass is 19.1. The predicted octanol–water partition coefficient (Wildman–Crippen LogP) is 3.11. The van der Waals surface area contributed by atoms with Crippen molar-refractivity contribution in [3.8, 4) is 17.2 Å². The molecule has 0 spiro atoms. The third kappa shape index (κ3) is 3.93. The third-order valence-electron chi connectivity index (χ3n) is 3.85. The summed E-state index contributed by atoms with van der Waals surface area (Å²) in [6.07, 6.45) is 0.743. The number of hydrogen-bond donors (Lipinski definition) is 1. The Kier molecular flexibility index (Phi) is 4.98. The van der Waals surface area contributed by atoms with Gasteiger partial charge in [0.2, 0.25) is 0 Å². The molecule has 0 saturated heterocycles. The van der Waals surface area contributed by atoms with Gasteiger partial charge in [0, 0.05) is 6.07 Å². The van der Waals surface area contributed by atoms with Crippen LogP contribution in [0.3, 0.4) is 0 Å². The molecule has 2 N–H and O–H groups in total. The maximum Gasteiger partial charge on any atom is 0.161 e. The summed E-state index contributed by atoms with van der Waals surface area (Å²) >= 11 is 0. The van der Waals surface area contributed by atoms with E-state index in [0.717, 1.165) is 23.5 Å². The molecule has 0 aromatic heterocycles. The summed E-state index contributed by atoms with van der Waals surface area (Å²) in [6.45, 7) is 2.12. The van der Waals surface area contributed by atoms with Gasteiger partial charge in [-0.1, -0.05) is 12.1 Å². The zero-order chi connectivity index (χ0) is 16.1. The van der Waals surface area contributed by atoms with E-state index < -0.39 is 0 Å². The zero-order valence-corrected chi connectivity index (χ0v) is 12.8. The third-order valence-corrected chi connectivity index (χ3v) is 3.85. The topological polar surface area (TPSA) is 53.7 Å². The number of halogens is 1. The summed E-state index contributed by atoms with van der Waals surface area (Å²) in [5, 5.41) is 0. The number of nitrogens with two attached hydrogens (primary N) is 1. The fourth-order valence-corrected chi connectivity index (χ4v) is 2.61. The molecule has 2 aromatic rings. The number of hydrogen-bond acceptors (Lipinski definition) is 4. The molecule has 2 aromatic carbocycles. The number of fused-ring (bicyclic) bond motifs is 1. The molecule has 1 aliphatic rings. The number of rotatable bonds is 6. The Hall–Kier alpha value is -2.27. The van der Waals surface area contributed by atoms with Crippen LogP contribution in [0.15, 0.2) is 42.5 Å². The molecular weight excluding hydrogens is 297 g/mol. The first-order chi connectivity index (χ1) is 11.3. The van der Waals surface area contributed by atoms with Gasteiger partial charge >= 0.3 is 0 Å². The van der Waals surface area contributed by atoms with E-state index in [9.17, 15) is 4.39 Å². The van der Waals surface area contributed by atoms with Crippen molar-refractivity contribution in [2.45, 2.75) is 12.3 Å². The van der Waals surface area contributed by atoms with Gasteiger partial charge in [-0.05, 0) is 48.7 Å². The molecular formula is C18H20FNO3. The van der Waals surface area contributed by atoms with Crippen LogP contribution in [0.2, 0.25) is 0 Å². The standard InChI is InChI=1S/C18H20FNO3/c19-15-2-1-3-16(11-15)21-7-6-14(12-20)13-4-5-17-18(10-13)23-9-8-22-17/h1-5,10-11,14H,6-9,12,20H2. The van der Waals surface area contributed by atoms with Crippen LogP contribution < -0.4 is 19.9 Å². The maximum absolute atomic E-state index is 13.1. The smallest absolute Gasteiger partial charge is 0.161 e. The second-order valence-electron chi connectivity index (χ2n) is 5.43. The molecule has 122 valence electrons. The average Bonchev–Trinajstić information content (AvgIpc) is 2.58. The fourth-order valence-electron chi connectivity index (χ4n) is 2.61. The Morgan fingerprint density at radius 2 is 1.91 bits per heavy atom. The highest BCUT2D eigenvalue weighted by Crippen LogP contribution is 2.33. The van der Waals surface area contributed by atoms with E-state index in [0.29, 0.717) is 32.1 Å². The van der Waals surface area contributed by atoms with Crippen molar-refractivity contribution >= 4 is 0 Å². The van der Waals surface area contributed by atoms with Gasteiger partial charge in [0.15, 0.2) is 11.5 Å². The quantitative estimate of drug-likeness (QED) is 0.889. The second-order valence-corrected chi connectivity index (χ2v) is 5.43. The van der Waals surface area contributed by atoms with E-state index in [-0.39, 0.29) is 11.7 Å². The lowest BCUT2D eigenvalue weighted by molar-refractivity contribution is 0.171. The Bertz CT molecular complexity index is 662. The summed E-state index contributed by atoms with van der Waals surface area (Å²) in [6, 6.07) is 12.0. The lowest BCUT2D eigenvalue weighted by atomic mass is 9.95. The van der Waals surface area contributed by atoms with Crippen LogP contribution in [0.25, 0.3) is 0 Å². The molecule has 0 aliphatic carbocycles. The predicted molar refractivity (Wildman–Crippen MR) is 85.7 cm³/mol. The molecule has 5 heteroatoms. The molecule has 4 nitrogen and oxygen atoms in total. The molecule has 0 fully saturated rings. The first-order valence-electron chi connectivity index (χ1n) is 7.74. The molecule has 3 rings (SSSR count). The molecule has 0 radical (unpaired) electrons. The van der Waals surface area contributed by atoms with Crippen molar-refractivity contribution < 1.29 is 18.6 Å². The van der Waals surface area contributed by atoms with E-state index in [1.165, 1.54) is 12.1 Å². The Labute approximate surface area is 135 Å². The van der Waals surface area contributed by atoms with Crippen molar-refractivity contribution in [3.05, 3.63) is 53.8 Å². The van der Waals surface area contributed by atoms with E-state index in [4.69, 9.17) is 19.9 Å². The van der Waals surface area contributed by atoms with E-state index in [1.54, 1.807) is 12.1 Å². The van der Waals surface area contributed by atoms with Gasteiger partial charge in [-0.25, -0.2) is 4.39 Å². The second kappa shape index (κ2) is 7.33. The summed E-state index contributed by atoms with van der Waals surface area (Å²) in [4.78, 5) is 0. The summed E-state index contributed by atoms with van der Waals surface area (Å²) in [5.41, 5.74) is 6.99. The molecule has 0 bridgehead atoms. The molecule has 1 heterocycles. The van der Waals surface area contributed by atoms with Crippen LogP contribution in [-0.2, 0) is 0 Å². The van der Waals surface area contributed by atoms with Crippen molar-refractivity contribution in [3.63, 3.8) is 0 Å². The highest BCUT2D eigenvalue weighted by molar-refractivity contribution is 5.44. The Morgan fingerprint density at radius 3 is 2.70 bits per heavy atom. The highest BCUT2D eigenvalue weighted by Gasteiger charge is 2.16. The van der Waals surface area contributed by atoms with Gasteiger partial charge in [0.25, 0.3) is 0 Å². The largest absolute Gasteiger partial charge is 0.493 e. The summed E-state index contributed by atoms with van der Waals surface area (Å²) in [5.74, 6) is 1.91. The van der Waals surface area contributed by atoms with Crippen molar-refractivity contribution in [1.29, 1.82) is 0 Å². The van der Waals surface area contributed by atoms with Gasteiger partial charge in [-0.2, -0.15) is 0 Å². The minimum absolute atomic E-state index is 0.152. The molecule has 1 aliphatic heterocycles. The first-order valence-corrected chi connectivity index (χ1v) is 7.74. The molecule has 0 amide bonds. The van der Waals surface area contributed by atoms with Gasteiger partial charge in [-0.3, -0.25) is 0 Å². The lowest BCUT2D eigenvalue weighted by Crippen LogP contribution is -2.18. The Morgan fingerprint density at radius 1 is 1.09 bits per heavy atom. The average molecular weight is 317 g/mol. The fraction of sp³-hybridized carbons (Fsp3) is 0.333. The van der Waals surface area contributed by atoms with Crippen LogP contribution in [-0.4, -0.2) is 26.4 Å². The summed E-state index contributed by atoms with van der Waals surface area (Å²) in [7, 11) is 0. The van der Waals surface area contributed by atoms with Crippen LogP contribution in [0.1, 0.15) is 17.9 Å². The van der Waals surface area contributed by atoms with E-state index in [1.807, 2.05) is 18.2 Å². The van der Waals surface area contributed by atoms with E-state index in [2.05, 4.69) is 0 Å². The first kappa shape index (κ1) is 15.6. The number of ether oxygens (including phenoxy) is 3. The zero-order valence-electron chi connectivity index (χ0n) is 12.8. The van der Waals surface area contributed by atoms with Crippen molar-refractivity contribution in [2.75, 3.05) is 26.4 Å². The minimum atomic E-state index is -0.301. The van der Waals surface area contributed by atoms with Crippen molar-refractivity contribution in [2.24, 2.45) is 5.73 Å². The summed E-state index contributed by atoms with van der Waals surface area (Å²) < 4.78 is 29.9. The monoisotopic (exact) mass is 317 g/mol. The van der Waals surface area contributed by atoms with Crippen LogP contribution in [0.5, 0.6) is 17.2 Å². The van der Waals surface area contributed by atoms with Crippen LogP contribution in [0, 0.1) is 5.82 Å². The minimum Gasteiger partial charge on any atom is -0.493 e. The molecule has 1 unspecified atom stereocenters. The van der Waals surface area contributed by atoms with Crippen LogP contribution >= 0.6 is 0 Å².